The van der Waals surface area contributed by atoms with Gasteiger partial charge in [0.2, 0.25) is 0 Å². The maximum absolute atomic E-state index is 4.20. The van der Waals surface area contributed by atoms with E-state index in [2.05, 4.69) is 101 Å². The molecule has 0 saturated heterocycles. The molecule has 2 heterocycles. The Balaban J connectivity index is 1.63. The summed E-state index contributed by atoms with van der Waals surface area (Å²) in [7, 11) is 0. The van der Waals surface area contributed by atoms with Gasteiger partial charge in [0.15, 0.2) is 0 Å². The summed E-state index contributed by atoms with van der Waals surface area (Å²) in [5.41, 5.74) is 7.83. The monoisotopic (exact) mass is 364 g/mol. The van der Waals surface area contributed by atoms with E-state index in [0.29, 0.717) is 0 Å². The van der Waals surface area contributed by atoms with Crippen molar-refractivity contribution in [3.63, 3.8) is 0 Å². The fourth-order valence-corrected chi connectivity index (χ4v) is 4.51. The first-order chi connectivity index (χ1) is 13.8. The van der Waals surface area contributed by atoms with Crippen LogP contribution < -0.4 is 0 Å². The van der Waals surface area contributed by atoms with Crippen LogP contribution in [0.2, 0.25) is 0 Å². The molecule has 2 nitrogen and oxygen atoms in total. The fourth-order valence-electron chi connectivity index (χ4n) is 4.51. The molecule has 138 valence electrons. The summed E-state index contributed by atoms with van der Waals surface area (Å²) >= 11 is 0. The lowest BCUT2D eigenvalue weighted by Crippen LogP contribution is -2.26. The first kappa shape index (κ1) is 17.0. The van der Waals surface area contributed by atoms with Crippen molar-refractivity contribution in [2.24, 2.45) is 0 Å². The Labute approximate surface area is 166 Å². The molecule has 1 aromatic heterocycles. The number of hydrogen-bond donors (Lipinski definition) is 1. The molecule has 0 saturated carbocycles. The highest BCUT2D eigenvalue weighted by Gasteiger charge is 2.27. The van der Waals surface area contributed by atoms with Crippen LogP contribution in [-0.2, 0) is 13.1 Å². The van der Waals surface area contributed by atoms with Gasteiger partial charge in [-0.15, -0.1) is 6.58 Å². The smallest absolute Gasteiger partial charge is 0.0504 e. The predicted molar refractivity (Wildman–Crippen MR) is 117 cm³/mol. The van der Waals surface area contributed by atoms with E-state index in [0.717, 1.165) is 19.6 Å². The van der Waals surface area contributed by atoms with E-state index in [1.165, 1.54) is 38.9 Å². The van der Waals surface area contributed by atoms with Gasteiger partial charge in [-0.05, 0) is 28.3 Å². The van der Waals surface area contributed by atoms with Crippen molar-refractivity contribution in [1.82, 2.24) is 9.88 Å². The standard InChI is InChI=1S/C26H24N2/c1-2-20-17-28(16-19-10-5-3-6-11-19)18-22-14-9-15-23-24(22)25(20)26(27-23)21-12-7-4-8-13-21/h2-15,20,27H,1,16-18H2. The Morgan fingerprint density at radius 3 is 2.43 bits per heavy atom. The second-order valence-electron chi connectivity index (χ2n) is 7.62. The van der Waals surface area contributed by atoms with Crippen LogP contribution in [0.15, 0.2) is 91.5 Å². The van der Waals surface area contributed by atoms with E-state index in [9.17, 15) is 0 Å². The summed E-state index contributed by atoms with van der Waals surface area (Å²) in [6, 6.07) is 28.1. The van der Waals surface area contributed by atoms with Gasteiger partial charge in [0.05, 0.1) is 5.69 Å². The van der Waals surface area contributed by atoms with E-state index in [1.54, 1.807) is 0 Å². The third-order valence-corrected chi connectivity index (χ3v) is 5.76. The van der Waals surface area contributed by atoms with Gasteiger partial charge >= 0.3 is 0 Å². The van der Waals surface area contributed by atoms with E-state index < -0.39 is 0 Å². The highest BCUT2D eigenvalue weighted by Crippen LogP contribution is 2.40. The molecule has 0 fully saturated rings. The Bertz CT molecular complexity index is 1110. The molecule has 0 radical (unpaired) electrons. The maximum atomic E-state index is 4.20. The van der Waals surface area contributed by atoms with Crippen molar-refractivity contribution in [2.45, 2.75) is 19.0 Å². The van der Waals surface area contributed by atoms with Gasteiger partial charge in [0.1, 0.15) is 0 Å². The molecule has 0 spiro atoms. The van der Waals surface area contributed by atoms with E-state index in [1.807, 2.05) is 0 Å². The molecule has 0 aliphatic carbocycles. The SMILES string of the molecule is C=CC1CN(Cc2ccccc2)Cc2cccc3[nH]c(-c4ccccc4)c1c23. The second kappa shape index (κ2) is 7.14. The number of nitrogens with zero attached hydrogens (tertiary/aromatic N) is 1. The van der Waals surface area contributed by atoms with Crippen LogP contribution in [-0.4, -0.2) is 16.4 Å². The van der Waals surface area contributed by atoms with Crippen molar-refractivity contribution in [1.29, 1.82) is 0 Å². The quantitative estimate of drug-likeness (QED) is 0.432. The van der Waals surface area contributed by atoms with Gasteiger partial charge in [0, 0.05) is 36.5 Å². The number of hydrogen-bond acceptors (Lipinski definition) is 1. The maximum Gasteiger partial charge on any atom is 0.0504 e. The average molecular weight is 364 g/mol. The van der Waals surface area contributed by atoms with Gasteiger partial charge in [-0.1, -0.05) is 78.9 Å². The third kappa shape index (κ3) is 2.96. The Morgan fingerprint density at radius 1 is 0.929 bits per heavy atom. The zero-order valence-corrected chi connectivity index (χ0v) is 15.9. The molecular weight excluding hydrogens is 340 g/mol. The van der Waals surface area contributed by atoms with Gasteiger partial charge in [-0.3, -0.25) is 4.90 Å². The number of benzene rings is 3. The Hall–Kier alpha value is -3.10. The molecule has 5 rings (SSSR count). The fraction of sp³-hybridized carbons (Fsp3) is 0.154. The van der Waals surface area contributed by atoms with Crippen molar-refractivity contribution >= 4 is 10.9 Å². The molecule has 3 aromatic carbocycles. The molecule has 1 N–H and O–H groups in total. The van der Waals surface area contributed by atoms with Crippen LogP contribution in [0.3, 0.4) is 0 Å². The molecule has 2 heteroatoms. The van der Waals surface area contributed by atoms with Crippen molar-refractivity contribution < 1.29 is 0 Å². The van der Waals surface area contributed by atoms with Crippen molar-refractivity contribution in [2.75, 3.05) is 6.54 Å². The van der Waals surface area contributed by atoms with Gasteiger partial charge in [-0.25, -0.2) is 0 Å². The number of H-pyrrole nitrogens is 1. The Morgan fingerprint density at radius 2 is 1.68 bits per heavy atom. The van der Waals surface area contributed by atoms with Crippen LogP contribution >= 0.6 is 0 Å². The summed E-state index contributed by atoms with van der Waals surface area (Å²) < 4.78 is 0. The predicted octanol–water partition coefficient (Wildman–Crippen LogP) is 6.12. The highest BCUT2D eigenvalue weighted by atomic mass is 15.1. The molecule has 1 atom stereocenters. The van der Waals surface area contributed by atoms with E-state index in [-0.39, 0.29) is 5.92 Å². The number of aromatic amines is 1. The Kier molecular flexibility index (Phi) is 4.34. The minimum atomic E-state index is 0.288. The summed E-state index contributed by atoms with van der Waals surface area (Å²) in [6.45, 7) is 7.08. The van der Waals surface area contributed by atoms with Gasteiger partial charge < -0.3 is 4.98 Å². The number of nitrogens with one attached hydrogen (secondary N) is 1. The average Bonchev–Trinajstić information content (AvgIpc) is 3.05. The van der Waals surface area contributed by atoms with Crippen LogP contribution in [0, 0.1) is 0 Å². The van der Waals surface area contributed by atoms with Crippen LogP contribution in [0.5, 0.6) is 0 Å². The molecule has 1 unspecified atom stereocenters. The molecule has 1 aliphatic rings. The zero-order chi connectivity index (χ0) is 18.9. The summed E-state index contributed by atoms with van der Waals surface area (Å²) in [4.78, 5) is 6.25. The molecule has 1 aliphatic heterocycles. The van der Waals surface area contributed by atoms with Crippen molar-refractivity contribution in [3.8, 4) is 11.3 Å². The molecule has 4 aromatic rings. The topological polar surface area (TPSA) is 19.0 Å². The second-order valence-corrected chi connectivity index (χ2v) is 7.62. The summed E-state index contributed by atoms with van der Waals surface area (Å²) in [6.07, 6.45) is 2.12. The molecule has 0 bridgehead atoms. The largest absolute Gasteiger partial charge is 0.354 e. The first-order valence-corrected chi connectivity index (χ1v) is 9.91. The van der Waals surface area contributed by atoms with Crippen LogP contribution in [0.1, 0.15) is 22.6 Å². The third-order valence-electron chi connectivity index (χ3n) is 5.76. The van der Waals surface area contributed by atoms with E-state index in [4.69, 9.17) is 0 Å². The van der Waals surface area contributed by atoms with Crippen LogP contribution in [0.4, 0.5) is 0 Å². The zero-order valence-electron chi connectivity index (χ0n) is 15.9. The number of rotatable bonds is 4. The molecular formula is C26H24N2. The van der Waals surface area contributed by atoms with Crippen LogP contribution in [0.25, 0.3) is 22.2 Å². The molecule has 0 amide bonds. The summed E-state index contributed by atoms with van der Waals surface area (Å²) in [5.74, 6) is 0.288. The molecule has 28 heavy (non-hydrogen) atoms. The van der Waals surface area contributed by atoms with E-state index >= 15 is 0 Å². The summed E-state index contributed by atoms with van der Waals surface area (Å²) in [5, 5.41) is 1.38. The lowest BCUT2D eigenvalue weighted by molar-refractivity contribution is 0.255. The lowest BCUT2D eigenvalue weighted by atomic mass is 9.92. The normalized spacial score (nSPS) is 16.8. The highest BCUT2D eigenvalue weighted by molar-refractivity contribution is 5.94. The van der Waals surface area contributed by atoms with Gasteiger partial charge in [-0.2, -0.15) is 0 Å². The van der Waals surface area contributed by atoms with Gasteiger partial charge in [0.25, 0.3) is 0 Å². The number of aromatic nitrogens is 1. The minimum Gasteiger partial charge on any atom is -0.354 e. The first-order valence-electron chi connectivity index (χ1n) is 9.91. The minimum absolute atomic E-state index is 0.288. The lowest BCUT2D eigenvalue weighted by Gasteiger charge is -2.24. The van der Waals surface area contributed by atoms with Crippen molar-refractivity contribution in [3.05, 3.63) is 108 Å².